The Labute approximate surface area is 199 Å². The SMILES string of the molecule is CCC(CC)NC(=O)c1cc(-c2cccc(-c3ncc(C(O)NCC4CCCCO4)o3)c2)[nH]n1. The normalized spacial score (nSPS) is 17.1. The van der Waals surface area contributed by atoms with Gasteiger partial charge in [-0.05, 0) is 50.3 Å². The van der Waals surface area contributed by atoms with Crippen LogP contribution in [0.5, 0.6) is 0 Å². The molecule has 4 N–H and O–H groups in total. The van der Waals surface area contributed by atoms with Gasteiger partial charge >= 0.3 is 0 Å². The molecule has 1 aliphatic heterocycles. The monoisotopic (exact) mass is 467 g/mol. The second kappa shape index (κ2) is 11.4. The Morgan fingerprint density at radius 3 is 2.82 bits per heavy atom. The maximum Gasteiger partial charge on any atom is 0.272 e. The van der Waals surface area contributed by atoms with Gasteiger partial charge in [-0.25, -0.2) is 4.98 Å². The van der Waals surface area contributed by atoms with Crippen molar-refractivity contribution in [1.29, 1.82) is 0 Å². The van der Waals surface area contributed by atoms with Crippen LogP contribution in [0.2, 0.25) is 0 Å². The maximum absolute atomic E-state index is 12.5. The van der Waals surface area contributed by atoms with Crippen LogP contribution in [0.4, 0.5) is 0 Å². The van der Waals surface area contributed by atoms with E-state index in [9.17, 15) is 9.90 Å². The van der Waals surface area contributed by atoms with Crippen LogP contribution in [-0.2, 0) is 4.74 Å². The van der Waals surface area contributed by atoms with Crippen LogP contribution in [-0.4, -0.2) is 51.5 Å². The highest BCUT2D eigenvalue weighted by Gasteiger charge is 2.19. The molecule has 0 bridgehead atoms. The Morgan fingerprint density at radius 2 is 2.06 bits per heavy atom. The molecule has 0 saturated carbocycles. The number of aromatic nitrogens is 3. The van der Waals surface area contributed by atoms with Gasteiger partial charge in [0.05, 0.1) is 18.0 Å². The van der Waals surface area contributed by atoms with Crippen molar-refractivity contribution >= 4 is 5.91 Å². The Balaban J connectivity index is 1.41. The molecule has 2 atom stereocenters. The zero-order valence-electron chi connectivity index (χ0n) is 19.7. The van der Waals surface area contributed by atoms with E-state index < -0.39 is 6.23 Å². The summed E-state index contributed by atoms with van der Waals surface area (Å²) in [4.78, 5) is 16.8. The van der Waals surface area contributed by atoms with Gasteiger partial charge in [-0.3, -0.25) is 15.2 Å². The Bertz CT molecular complexity index is 1070. The third kappa shape index (κ3) is 5.91. The van der Waals surface area contributed by atoms with Crippen molar-refractivity contribution in [2.24, 2.45) is 0 Å². The highest BCUT2D eigenvalue weighted by atomic mass is 16.5. The van der Waals surface area contributed by atoms with Crippen molar-refractivity contribution in [1.82, 2.24) is 25.8 Å². The molecule has 3 aromatic rings. The smallest absolute Gasteiger partial charge is 0.272 e. The Kier molecular flexibility index (Phi) is 8.10. The summed E-state index contributed by atoms with van der Waals surface area (Å²) >= 11 is 0. The number of nitrogens with zero attached hydrogens (tertiary/aromatic N) is 2. The summed E-state index contributed by atoms with van der Waals surface area (Å²) in [5, 5.41) is 23.6. The van der Waals surface area contributed by atoms with Gasteiger partial charge in [-0.1, -0.05) is 26.0 Å². The predicted molar refractivity (Wildman–Crippen MR) is 128 cm³/mol. The van der Waals surface area contributed by atoms with E-state index in [1.807, 2.05) is 38.1 Å². The summed E-state index contributed by atoms with van der Waals surface area (Å²) < 4.78 is 11.5. The molecular weight excluding hydrogens is 434 g/mol. The third-order valence-electron chi connectivity index (χ3n) is 6.16. The molecular formula is C25H33N5O4. The molecule has 4 rings (SSSR count). The quantitative estimate of drug-likeness (QED) is 0.334. The first-order valence-electron chi connectivity index (χ1n) is 12.0. The molecule has 182 valence electrons. The predicted octanol–water partition coefficient (Wildman–Crippen LogP) is 3.80. The molecule has 1 aliphatic rings. The summed E-state index contributed by atoms with van der Waals surface area (Å²) in [5.41, 5.74) is 2.67. The zero-order valence-corrected chi connectivity index (χ0v) is 19.7. The summed E-state index contributed by atoms with van der Waals surface area (Å²) in [6.07, 6.45) is 5.65. The Morgan fingerprint density at radius 1 is 1.24 bits per heavy atom. The molecule has 1 fully saturated rings. The fourth-order valence-corrected chi connectivity index (χ4v) is 4.02. The van der Waals surface area contributed by atoms with E-state index in [4.69, 9.17) is 9.15 Å². The van der Waals surface area contributed by atoms with E-state index in [1.54, 1.807) is 6.07 Å². The van der Waals surface area contributed by atoms with E-state index in [1.165, 1.54) is 6.20 Å². The lowest BCUT2D eigenvalue weighted by Crippen LogP contribution is -2.33. The summed E-state index contributed by atoms with van der Waals surface area (Å²) in [6, 6.07) is 9.46. The third-order valence-corrected chi connectivity index (χ3v) is 6.16. The maximum atomic E-state index is 12.5. The van der Waals surface area contributed by atoms with Gasteiger partial charge in [0.15, 0.2) is 17.7 Å². The van der Waals surface area contributed by atoms with Crippen LogP contribution in [0.15, 0.2) is 40.9 Å². The first kappa shape index (κ1) is 24.1. The fourth-order valence-electron chi connectivity index (χ4n) is 4.02. The van der Waals surface area contributed by atoms with Crippen LogP contribution in [0.1, 0.15) is 68.4 Å². The number of amides is 1. The number of hydrogen-bond donors (Lipinski definition) is 4. The number of oxazole rings is 1. The van der Waals surface area contributed by atoms with Gasteiger partial charge in [-0.2, -0.15) is 5.10 Å². The topological polar surface area (TPSA) is 125 Å². The molecule has 0 spiro atoms. The summed E-state index contributed by atoms with van der Waals surface area (Å²) in [7, 11) is 0. The van der Waals surface area contributed by atoms with Crippen LogP contribution < -0.4 is 10.6 Å². The number of nitrogens with one attached hydrogen (secondary N) is 3. The van der Waals surface area contributed by atoms with Crippen LogP contribution in [0.25, 0.3) is 22.7 Å². The number of H-pyrrole nitrogens is 1. The van der Waals surface area contributed by atoms with E-state index in [0.717, 1.165) is 55.5 Å². The minimum absolute atomic E-state index is 0.110. The molecule has 1 amide bonds. The standard InChI is InChI=1S/C25H33N5O4/c1-3-18(4-2)28-23(31)21-13-20(29-30-21)16-8-7-9-17(12-16)25-27-15-22(34-25)24(32)26-14-19-10-5-6-11-33-19/h7-9,12-13,15,18-19,24,26,32H,3-6,10-11,14H2,1-2H3,(H,28,31)(H,29,30). The van der Waals surface area contributed by atoms with Crippen molar-refractivity contribution in [3.05, 3.63) is 48.0 Å². The zero-order chi connectivity index (χ0) is 23.9. The van der Waals surface area contributed by atoms with Gasteiger partial charge in [-0.15, -0.1) is 0 Å². The molecule has 1 saturated heterocycles. The average Bonchev–Trinajstić information content (AvgIpc) is 3.57. The molecule has 3 heterocycles. The molecule has 9 heteroatoms. The van der Waals surface area contributed by atoms with Gasteiger partial charge in [0, 0.05) is 30.3 Å². The van der Waals surface area contributed by atoms with Crippen LogP contribution >= 0.6 is 0 Å². The number of hydrogen-bond acceptors (Lipinski definition) is 7. The largest absolute Gasteiger partial charge is 0.437 e. The number of aliphatic hydroxyl groups is 1. The summed E-state index contributed by atoms with van der Waals surface area (Å²) in [6.45, 7) is 5.42. The number of benzene rings is 1. The van der Waals surface area contributed by atoms with Crippen molar-refractivity contribution < 1.29 is 19.1 Å². The Hall–Kier alpha value is -3.01. The average molecular weight is 468 g/mol. The first-order valence-corrected chi connectivity index (χ1v) is 12.0. The lowest BCUT2D eigenvalue weighted by Gasteiger charge is -2.23. The van der Waals surface area contributed by atoms with Crippen molar-refractivity contribution in [3.63, 3.8) is 0 Å². The van der Waals surface area contributed by atoms with Gasteiger partial charge < -0.3 is 19.6 Å². The molecule has 0 aliphatic carbocycles. The van der Waals surface area contributed by atoms with Crippen molar-refractivity contribution in [3.8, 4) is 22.7 Å². The first-order chi connectivity index (χ1) is 16.6. The molecule has 34 heavy (non-hydrogen) atoms. The van der Waals surface area contributed by atoms with Crippen LogP contribution in [0, 0.1) is 0 Å². The van der Waals surface area contributed by atoms with Gasteiger partial charge in [0.1, 0.15) is 0 Å². The lowest BCUT2D eigenvalue weighted by molar-refractivity contribution is 0.00336. The van der Waals surface area contributed by atoms with E-state index in [-0.39, 0.29) is 18.1 Å². The highest BCUT2D eigenvalue weighted by molar-refractivity contribution is 5.93. The molecule has 2 aromatic heterocycles. The number of ether oxygens (including phenoxy) is 1. The molecule has 0 radical (unpaired) electrons. The van der Waals surface area contributed by atoms with E-state index in [0.29, 0.717) is 23.9 Å². The van der Waals surface area contributed by atoms with Gasteiger partial charge in [0.25, 0.3) is 5.91 Å². The fraction of sp³-hybridized carbons (Fsp3) is 0.480. The second-order valence-electron chi connectivity index (χ2n) is 8.60. The highest BCUT2D eigenvalue weighted by Crippen LogP contribution is 2.27. The van der Waals surface area contributed by atoms with Crippen molar-refractivity contribution in [2.75, 3.05) is 13.2 Å². The van der Waals surface area contributed by atoms with Crippen molar-refractivity contribution in [2.45, 2.75) is 64.3 Å². The van der Waals surface area contributed by atoms with E-state index in [2.05, 4.69) is 25.8 Å². The minimum atomic E-state index is -0.960. The molecule has 1 aromatic carbocycles. The number of carbonyl (C=O) groups is 1. The number of carbonyl (C=O) groups excluding carboxylic acids is 1. The number of aliphatic hydroxyl groups excluding tert-OH is 1. The summed E-state index contributed by atoms with van der Waals surface area (Å²) in [5.74, 6) is 0.556. The molecule has 2 unspecified atom stereocenters. The van der Waals surface area contributed by atoms with Gasteiger partial charge in [0.2, 0.25) is 5.89 Å². The second-order valence-corrected chi connectivity index (χ2v) is 8.60. The van der Waals surface area contributed by atoms with Crippen LogP contribution in [0.3, 0.4) is 0 Å². The lowest BCUT2D eigenvalue weighted by atomic mass is 10.1. The number of aromatic amines is 1. The molecule has 9 nitrogen and oxygen atoms in total. The minimum Gasteiger partial charge on any atom is -0.437 e. The number of rotatable bonds is 10. The van der Waals surface area contributed by atoms with E-state index >= 15 is 0 Å².